The molecule has 4 atom stereocenters. The number of phosphoric acid groups is 1. The van der Waals surface area contributed by atoms with Gasteiger partial charge < -0.3 is 23.6 Å². The summed E-state index contributed by atoms with van der Waals surface area (Å²) in [6.45, 7) is 4.30. The molecule has 11 heteroatoms. The summed E-state index contributed by atoms with van der Waals surface area (Å²) in [4.78, 5) is 35.2. The van der Waals surface area contributed by atoms with Gasteiger partial charge in [0.1, 0.15) is 19.8 Å². The second kappa shape index (κ2) is 29.9. The predicted molar refractivity (Wildman–Crippen MR) is 205 cm³/mol. The molecule has 0 aromatic heterocycles. The molecule has 1 fully saturated rings. The SMILES string of the molecule is CCCC/C=C\CCCCCCCC(=O)O[C@H](COC(=O)CCCCCCC/C=C\CC1OC1CCCCC)COP(=O)(O)OCC[N+](C)(C)C. The molecule has 51 heavy (non-hydrogen) atoms. The fourth-order valence-corrected chi connectivity index (χ4v) is 6.27. The van der Waals surface area contributed by atoms with E-state index in [1.807, 2.05) is 21.1 Å². The van der Waals surface area contributed by atoms with Crippen molar-refractivity contribution in [3.63, 3.8) is 0 Å². The van der Waals surface area contributed by atoms with Gasteiger partial charge in [-0.2, -0.15) is 0 Å². The summed E-state index contributed by atoms with van der Waals surface area (Å²) in [5.74, 6) is -0.833. The van der Waals surface area contributed by atoms with Gasteiger partial charge in [0.05, 0.1) is 40.0 Å². The smallest absolute Gasteiger partial charge is 0.462 e. The molecule has 0 aromatic rings. The molecule has 0 aromatic carbocycles. The molecule has 1 aliphatic heterocycles. The molecule has 0 bridgehead atoms. The van der Waals surface area contributed by atoms with Crippen LogP contribution in [-0.2, 0) is 37.4 Å². The molecule has 1 saturated heterocycles. The average molecular weight is 745 g/mol. The van der Waals surface area contributed by atoms with Crippen LogP contribution in [0.5, 0.6) is 0 Å². The maximum Gasteiger partial charge on any atom is 0.472 e. The zero-order valence-corrected chi connectivity index (χ0v) is 33.9. The zero-order valence-electron chi connectivity index (χ0n) is 33.0. The predicted octanol–water partition coefficient (Wildman–Crippen LogP) is 9.78. The molecule has 1 rings (SSSR count). The third kappa shape index (κ3) is 30.6. The van der Waals surface area contributed by atoms with Gasteiger partial charge in [0.15, 0.2) is 6.10 Å². The van der Waals surface area contributed by atoms with Gasteiger partial charge in [-0.3, -0.25) is 18.6 Å². The number of quaternary nitrogens is 1. The molecule has 1 heterocycles. The number of unbranched alkanes of at least 4 members (excludes halogenated alkanes) is 14. The summed E-state index contributed by atoms with van der Waals surface area (Å²) in [6.07, 6.45) is 31.1. The molecule has 10 nitrogen and oxygen atoms in total. The molecule has 298 valence electrons. The van der Waals surface area contributed by atoms with Crippen molar-refractivity contribution in [1.82, 2.24) is 0 Å². The van der Waals surface area contributed by atoms with E-state index in [1.165, 1.54) is 38.5 Å². The van der Waals surface area contributed by atoms with Gasteiger partial charge in [-0.15, -0.1) is 0 Å². The van der Waals surface area contributed by atoms with E-state index in [-0.39, 0.29) is 32.0 Å². The summed E-state index contributed by atoms with van der Waals surface area (Å²) < 4.78 is 39.9. The Morgan fingerprint density at radius 3 is 1.90 bits per heavy atom. The van der Waals surface area contributed by atoms with Crippen LogP contribution in [0.3, 0.4) is 0 Å². The van der Waals surface area contributed by atoms with E-state index >= 15 is 0 Å². The van der Waals surface area contributed by atoms with Gasteiger partial charge >= 0.3 is 19.8 Å². The minimum Gasteiger partial charge on any atom is -0.462 e. The Balaban J connectivity index is 2.30. The maximum absolute atomic E-state index is 12.6. The van der Waals surface area contributed by atoms with Crippen LogP contribution in [0.1, 0.15) is 155 Å². The number of hydrogen-bond donors (Lipinski definition) is 1. The van der Waals surface area contributed by atoms with Gasteiger partial charge in [-0.25, -0.2) is 4.57 Å². The van der Waals surface area contributed by atoms with Gasteiger partial charge in [0, 0.05) is 12.8 Å². The second-order valence-corrected chi connectivity index (χ2v) is 16.5. The lowest BCUT2D eigenvalue weighted by Crippen LogP contribution is -2.37. The maximum atomic E-state index is 12.6. The van der Waals surface area contributed by atoms with Crippen LogP contribution in [0.2, 0.25) is 0 Å². The first-order valence-corrected chi connectivity index (χ1v) is 21.7. The molecular weight excluding hydrogens is 669 g/mol. The van der Waals surface area contributed by atoms with E-state index in [0.717, 1.165) is 83.5 Å². The largest absolute Gasteiger partial charge is 0.472 e. The number of allylic oxidation sites excluding steroid dienone is 3. The quantitative estimate of drug-likeness (QED) is 0.0169. The van der Waals surface area contributed by atoms with Crippen LogP contribution >= 0.6 is 7.82 Å². The van der Waals surface area contributed by atoms with Crippen molar-refractivity contribution in [3.05, 3.63) is 24.3 Å². The number of ether oxygens (including phenoxy) is 3. The third-order valence-electron chi connectivity index (χ3n) is 8.88. The number of hydrogen-bond acceptors (Lipinski definition) is 8. The van der Waals surface area contributed by atoms with Gasteiger partial charge in [-0.1, -0.05) is 109 Å². The van der Waals surface area contributed by atoms with Gasteiger partial charge in [-0.05, 0) is 57.8 Å². The van der Waals surface area contributed by atoms with Crippen molar-refractivity contribution >= 4 is 19.8 Å². The number of carbonyl (C=O) groups is 2. The monoisotopic (exact) mass is 745 g/mol. The number of likely N-dealkylation sites (N-methyl/N-ethyl adjacent to an activating group) is 1. The van der Waals surface area contributed by atoms with Crippen LogP contribution in [0, 0.1) is 0 Å². The van der Waals surface area contributed by atoms with Crippen LogP contribution in [0.25, 0.3) is 0 Å². The van der Waals surface area contributed by atoms with Crippen LogP contribution in [0.4, 0.5) is 0 Å². The van der Waals surface area contributed by atoms with E-state index in [1.54, 1.807) is 0 Å². The summed E-state index contributed by atoms with van der Waals surface area (Å²) >= 11 is 0. The summed E-state index contributed by atoms with van der Waals surface area (Å²) in [5.41, 5.74) is 0. The highest BCUT2D eigenvalue weighted by Crippen LogP contribution is 2.43. The molecule has 0 radical (unpaired) electrons. The Hall–Kier alpha value is -1.55. The Morgan fingerprint density at radius 2 is 1.27 bits per heavy atom. The van der Waals surface area contributed by atoms with E-state index in [4.69, 9.17) is 23.3 Å². The Labute approximate surface area is 311 Å². The number of rotatable bonds is 35. The molecule has 0 spiro atoms. The molecule has 1 aliphatic rings. The standard InChI is InChI=1S/C40H74NO9P/c1-6-8-10-11-12-13-14-15-20-23-27-31-40(43)49-36(35-48-51(44,45)47-33-32-41(3,4)5)34-46-39(42)30-26-22-19-17-16-18-21-25-29-38-37(50-38)28-24-9-7-2/h11-12,21,25,36-38H,6-10,13-20,22-24,26-35H2,1-5H3/p+1/b12-11-,25-21-/t36-,37?,38?/m1/s1. The fraction of sp³-hybridized carbons (Fsp3) is 0.850. The number of esters is 2. The van der Waals surface area contributed by atoms with E-state index in [0.29, 0.717) is 29.7 Å². The molecule has 1 N–H and O–H groups in total. The lowest BCUT2D eigenvalue weighted by atomic mass is 10.1. The lowest BCUT2D eigenvalue weighted by Gasteiger charge is -2.24. The van der Waals surface area contributed by atoms with Crippen LogP contribution < -0.4 is 0 Å². The van der Waals surface area contributed by atoms with Crippen molar-refractivity contribution < 1.29 is 46.8 Å². The van der Waals surface area contributed by atoms with Crippen molar-refractivity contribution in [2.24, 2.45) is 0 Å². The normalized spacial score (nSPS) is 17.9. The summed E-state index contributed by atoms with van der Waals surface area (Å²) in [7, 11) is 1.45. The van der Waals surface area contributed by atoms with Crippen LogP contribution in [-0.4, -0.2) is 87.1 Å². The highest BCUT2D eigenvalue weighted by molar-refractivity contribution is 7.47. The second-order valence-electron chi connectivity index (χ2n) is 15.0. The number of nitrogens with zero attached hydrogens (tertiary/aromatic N) is 1. The first kappa shape index (κ1) is 47.5. The fourth-order valence-electron chi connectivity index (χ4n) is 5.53. The Morgan fingerprint density at radius 1 is 0.706 bits per heavy atom. The van der Waals surface area contributed by atoms with E-state index in [9.17, 15) is 19.0 Å². The van der Waals surface area contributed by atoms with E-state index in [2.05, 4.69) is 38.2 Å². The van der Waals surface area contributed by atoms with Crippen molar-refractivity contribution in [1.29, 1.82) is 0 Å². The minimum atomic E-state index is -4.37. The van der Waals surface area contributed by atoms with E-state index < -0.39 is 26.5 Å². The van der Waals surface area contributed by atoms with Crippen molar-refractivity contribution in [2.45, 2.75) is 173 Å². The van der Waals surface area contributed by atoms with Gasteiger partial charge in [0.25, 0.3) is 0 Å². The highest BCUT2D eigenvalue weighted by atomic mass is 31.2. The highest BCUT2D eigenvalue weighted by Gasteiger charge is 2.36. The molecule has 3 unspecified atom stereocenters. The van der Waals surface area contributed by atoms with Gasteiger partial charge in [0.2, 0.25) is 0 Å². The van der Waals surface area contributed by atoms with Crippen molar-refractivity contribution in [2.75, 3.05) is 47.5 Å². The number of carbonyl (C=O) groups excluding carboxylic acids is 2. The zero-order chi connectivity index (χ0) is 37.6. The lowest BCUT2D eigenvalue weighted by molar-refractivity contribution is -0.870. The third-order valence-corrected chi connectivity index (χ3v) is 9.86. The molecule has 0 aliphatic carbocycles. The Bertz CT molecular complexity index is 997. The number of epoxide rings is 1. The summed E-state index contributed by atoms with van der Waals surface area (Å²) in [5, 5.41) is 0. The molecule has 0 saturated carbocycles. The average Bonchev–Trinajstić information content (AvgIpc) is 3.82. The first-order chi connectivity index (χ1) is 24.5. The number of phosphoric ester groups is 1. The molecular formula is C40H75NO9P+. The van der Waals surface area contributed by atoms with Crippen LogP contribution in [0.15, 0.2) is 24.3 Å². The van der Waals surface area contributed by atoms with Crippen molar-refractivity contribution in [3.8, 4) is 0 Å². The first-order valence-electron chi connectivity index (χ1n) is 20.2. The Kier molecular flexibility index (Phi) is 27.8. The minimum absolute atomic E-state index is 0.0258. The molecule has 0 amide bonds. The summed E-state index contributed by atoms with van der Waals surface area (Å²) in [6, 6.07) is 0. The topological polar surface area (TPSA) is 121 Å².